The topological polar surface area (TPSA) is 9.23 Å². The fraction of sp³-hybridized carbons (Fsp3) is 0.571. The molecule has 0 saturated heterocycles. The van der Waals surface area contributed by atoms with E-state index in [9.17, 15) is 0 Å². The van der Waals surface area contributed by atoms with Crippen molar-refractivity contribution >= 4 is 0 Å². The molecule has 15 heavy (non-hydrogen) atoms. The van der Waals surface area contributed by atoms with Crippen LogP contribution in [0.15, 0.2) is 18.2 Å². The van der Waals surface area contributed by atoms with Crippen molar-refractivity contribution < 1.29 is 4.74 Å². The van der Waals surface area contributed by atoms with Crippen LogP contribution in [0.3, 0.4) is 0 Å². The first kappa shape index (κ1) is 12.1. The summed E-state index contributed by atoms with van der Waals surface area (Å²) in [6.07, 6.45) is 1.34. The second kappa shape index (κ2) is 5.20. The van der Waals surface area contributed by atoms with Gasteiger partial charge in [-0.25, -0.2) is 0 Å². The van der Waals surface area contributed by atoms with Gasteiger partial charge in [0.1, 0.15) is 5.75 Å². The van der Waals surface area contributed by atoms with Crippen LogP contribution in [0.1, 0.15) is 51.2 Å². The highest BCUT2D eigenvalue weighted by molar-refractivity contribution is 5.39. The van der Waals surface area contributed by atoms with Crippen molar-refractivity contribution in [3.8, 4) is 5.75 Å². The van der Waals surface area contributed by atoms with Crippen LogP contribution in [0, 0.1) is 6.92 Å². The first-order chi connectivity index (χ1) is 7.04. The van der Waals surface area contributed by atoms with Gasteiger partial charge in [-0.05, 0) is 37.8 Å². The molecule has 0 aliphatic heterocycles. The van der Waals surface area contributed by atoms with Crippen LogP contribution in [0.4, 0.5) is 0 Å². The highest BCUT2D eigenvalue weighted by Gasteiger charge is 2.10. The Balaban J connectivity index is 2.95. The summed E-state index contributed by atoms with van der Waals surface area (Å²) in [5.41, 5.74) is 2.62. The largest absolute Gasteiger partial charge is 0.490 e. The monoisotopic (exact) mass is 206 g/mol. The van der Waals surface area contributed by atoms with Crippen molar-refractivity contribution in [3.63, 3.8) is 0 Å². The van der Waals surface area contributed by atoms with Gasteiger partial charge in [0.05, 0.1) is 6.10 Å². The zero-order valence-electron chi connectivity index (χ0n) is 10.5. The molecule has 0 N–H and O–H groups in total. The minimum Gasteiger partial charge on any atom is -0.490 e. The highest BCUT2D eigenvalue weighted by atomic mass is 16.5. The lowest BCUT2D eigenvalue weighted by atomic mass is 10.00. The molecule has 0 amide bonds. The molecular weight excluding hydrogens is 184 g/mol. The third-order valence-corrected chi connectivity index (χ3v) is 2.69. The number of ether oxygens (including phenoxy) is 1. The lowest BCUT2D eigenvalue weighted by Crippen LogP contribution is -2.11. The third kappa shape index (κ3) is 3.26. The Morgan fingerprint density at radius 2 is 1.87 bits per heavy atom. The Morgan fingerprint density at radius 1 is 1.20 bits per heavy atom. The molecule has 0 aliphatic rings. The van der Waals surface area contributed by atoms with E-state index in [1.165, 1.54) is 11.1 Å². The summed E-state index contributed by atoms with van der Waals surface area (Å²) in [6.45, 7) is 10.8. The molecule has 1 unspecified atom stereocenters. The van der Waals surface area contributed by atoms with Gasteiger partial charge in [0, 0.05) is 0 Å². The van der Waals surface area contributed by atoms with Crippen LogP contribution in [0.25, 0.3) is 0 Å². The quantitative estimate of drug-likeness (QED) is 0.714. The Morgan fingerprint density at radius 3 is 2.40 bits per heavy atom. The Hall–Kier alpha value is -0.980. The standard InChI is InChI=1S/C14H22O/c1-6-12(5)15-14-8-7-11(4)9-13(14)10(2)3/h7-10,12H,6H2,1-5H3. The number of hydrogen-bond acceptors (Lipinski definition) is 1. The minimum atomic E-state index is 0.296. The van der Waals surface area contributed by atoms with E-state index in [1.54, 1.807) is 0 Å². The molecular formula is C14H22O. The molecule has 0 saturated carbocycles. The maximum atomic E-state index is 5.91. The highest BCUT2D eigenvalue weighted by Crippen LogP contribution is 2.28. The van der Waals surface area contributed by atoms with Gasteiger partial charge in [0.25, 0.3) is 0 Å². The summed E-state index contributed by atoms with van der Waals surface area (Å²) in [7, 11) is 0. The van der Waals surface area contributed by atoms with Crippen LogP contribution in [0.5, 0.6) is 5.75 Å². The summed E-state index contributed by atoms with van der Waals surface area (Å²) in [5, 5.41) is 0. The number of benzene rings is 1. The van der Waals surface area contributed by atoms with Gasteiger partial charge in [-0.3, -0.25) is 0 Å². The zero-order valence-corrected chi connectivity index (χ0v) is 10.5. The number of hydrogen-bond donors (Lipinski definition) is 0. The maximum absolute atomic E-state index is 5.91. The van der Waals surface area contributed by atoms with Gasteiger partial charge in [-0.1, -0.05) is 38.5 Å². The van der Waals surface area contributed by atoms with E-state index in [1.807, 2.05) is 0 Å². The van der Waals surface area contributed by atoms with E-state index in [2.05, 4.69) is 52.8 Å². The van der Waals surface area contributed by atoms with E-state index in [0.717, 1.165) is 12.2 Å². The summed E-state index contributed by atoms with van der Waals surface area (Å²) in [5.74, 6) is 1.56. The third-order valence-electron chi connectivity index (χ3n) is 2.69. The number of aryl methyl sites for hydroxylation is 1. The lowest BCUT2D eigenvalue weighted by Gasteiger charge is -2.18. The molecule has 1 rings (SSSR count). The average molecular weight is 206 g/mol. The van der Waals surface area contributed by atoms with Crippen LogP contribution >= 0.6 is 0 Å². The van der Waals surface area contributed by atoms with Gasteiger partial charge in [0.15, 0.2) is 0 Å². The smallest absolute Gasteiger partial charge is 0.123 e. The molecule has 0 aliphatic carbocycles. The van der Waals surface area contributed by atoms with Gasteiger partial charge in [0.2, 0.25) is 0 Å². The molecule has 0 aromatic heterocycles. The SMILES string of the molecule is CCC(C)Oc1ccc(C)cc1C(C)C. The fourth-order valence-corrected chi connectivity index (χ4v) is 1.53. The predicted molar refractivity (Wildman–Crippen MR) is 65.6 cm³/mol. The first-order valence-electron chi connectivity index (χ1n) is 5.81. The molecule has 0 heterocycles. The molecule has 0 bridgehead atoms. The Kier molecular flexibility index (Phi) is 4.19. The molecule has 0 spiro atoms. The maximum Gasteiger partial charge on any atom is 0.123 e. The normalized spacial score (nSPS) is 12.9. The second-order valence-electron chi connectivity index (χ2n) is 4.53. The van der Waals surface area contributed by atoms with Gasteiger partial charge in [-0.2, -0.15) is 0 Å². The Bertz CT molecular complexity index is 315. The summed E-state index contributed by atoms with van der Waals surface area (Å²) in [6, 6.07) is 6.43. The van der Waals surface area contributed by atoms with Crippen molar-refractivity contribution in [1.29, 1.82) is 0 Å². The first-order valence-corrected chi connectivity index (χ1v) is 5.81. The minimum absolute atomic E-state index is 0.296. The Labute approximate surface area is 93.5 Å². The summed E-state index contributed by atoms with van der Waals surface area (Å²) >= 11 is 0. The molecule has 1 aromatic rings. The van der Waals surface area contributed by atoms with Crippen molar-refractivity contribution in [2.45, 2.75) is 53.1 Å². The molecule has 0 radical (unpaired) electrons. The van der Waals surface area contributed by atoms with Crippen LogP contribution in [-0.2, 0) is 0 Å². The van der Waals surface area contributed by atoms with Crippen LogP contribution < -0.4 is 4.74 Å². The zero-order chi connectivity index (χ0) is 11.4. The molecule has 1 atom stereocenters. The van der Waals surface area contributed by atoms with E-state index in [0.29, 0.717) is 12.0 Å². The number of rotatable bonds is 4. The van der Waals surface area contributed by atoms with E-state index in [4.69, 9.17) is 4.74 Å². The van der Waals surface area contributed by atoms with Crippen molar-refractivity contribution in [2.24, 2.45) is 0 Å². The fourth-order valence-electron chi connectivity index (χ4n) is 1.53. The van der Waals surface area contributed by atoms with Crippen molar-refractivity contribution in [1.82, 2.24) is 0 Å². The van der Waals surface area contributed by atoms with E-state index < -0.39 is 0 Å². The van der Waals surface area contributed by atoms with Crippen LogP contribution in [0.2, 0.25) is 0 Å². The van der Waals surface area contributed by atoms with Gasteiger partial charge in [-0.15, -0.1) is 0 Å². The van der Waals surface area contributed by atoms with Gasteiger partial charge < -0.3 is 4.74 Å². The molecule has 84 valence electrons. The van der Waals surface area contributed by atoms with E-state index >= 15 is 0 Å². The molecule has 1 heteroatoms. The summed E-state index contributed by atoms with van der Waals surface area (Å²) in [4.78, 5) is 0. The average Bonchev–Trinajstić information content (AvgIpc) is 2.20. The van der Waals surface area contributed by atoms with E-state index in [-0.39, 0.29) is 0 Å². The second-order valence-corrected chi connectivity index (χ2v) is 4.53. The van der Waals surface area contributed by atoms with Gasteiger partial charge >= 0.3 is 0 Å². The molecule has 1 aromatic carbocycles. The lowest BCUT2D eigenvalue weighted by molar-refractivity contribution is 0.214. The molecule has 0 fully saturated rings. The van der Waals surface area contributed by atoms with Crippen molar-refractivity contribution in [2.75, 3.05) is 0 Å². The predicted octanol–water partition coefficient (Wildman–Crippen LogP) is 4.30. The summed E-state index contributed by atoms with van der Waals surface area (Å²) < 4.78 is 5.91. The van der Waals surface area contributed by atoms with Crippen LogP contribution in [-0.4, -0.2) is 6.10 Å². The van der Waals surface area contributed by atoms with Crippen molar-refractivity contribution in [3.05, 3.63) is 29.3 Å². The molecule has 1 nitrogen and oxygen atoms in total.